The van der Waals surface area contributed by atoms with Crippen LogP contribution in [0.4, 0.5) is 8.78 Å². The van der Waals surface area contributed by atoms with Gasteiger partial charge < -0.3 is 20.4 Å². The van der Waals surface area contributed by atoms with Gasteiger partial charge in [-0.3, -0.25) is 0 Å². The summed E-state index contributed by atoms with van der Waals surface area (Å²) < 4.78 is 31.8. The molecule has 88 valence electrons. The Labute approximate surface area is 90.6 Å². The van der Waals surface area contributed by atoms with E-state index in [-0.39, 0.29) is 0 Å². The molecule has 0 amide bonds. The van der Waals surface area contributed by atoms with E-state index in [2.05, 4.69) is 5.73 Å². The number of aliphatic carboxylic acids is 1. The van der Waals surface area contributed by atoms with Crippen LogP contribution in [0.5, 0.6) is 5.75 Å². The minimum atomic E-state index is -3.56. The number of ether oxygens (including phenoxy) is 1. The summed E-state index contributed by atoms with van der Waals surface area (Å²) in [5.41, 5.74) is 2.45. The maximum atomic E-state index is 13.5. The molecule has 0 aromatic heterocycles. The standard InChI is InChI=1S/C10H11F2NO3/c1-16-7-4-2-6(3-5-7)10(11,12)8(13)9(14)15/h2-5,8H,13H2,1H3,(H,14,15)/t8-/m0/s1. The number of halogens is 2. The van der Waals surface area contributed by atoms with E-state index in [1.807, 2.05) is 0 Å². The Bertz CT molecular complexity index is 378. The Morgan fingerprint density at radius 3 is 2.31 bits per heavy atom. The lowest BCUT2D eigenvalue weighted by molar-refractivity contribution is -0.474. The van der Waals surface area contributed by atoms with Crippen LogP contribution in [-0.4, -0.2) is 19.1 Å². The predicted molar refractivity (Wildman–Crippen MR) is 48.6 cm³/mol. The van der Waals surface area contributed by atoms with E-state index in [1.54, 1.807) is 0 Å². The molecule has 1 aromatic carbocycles. The molecule has 3 N–H and O–H groups in total. The molecule has 0 aliphatic carbocycles. The van der Waals surface area contributed by atoms with Crippen LogP contribution >= 0.6 is 0 Å². The molecule has 1 rings (SSSR count). The minimum absolute atomic E-state index is 0.411. The Morgan fingerprint density at radius 1 is 1.44 bits per heavy atom. The average Bonchev–Trinajstić information content (AvgIpc) is 2.28. The third-order valence-electron chi connectivity index (χ3n) is 2.20. The maximum absolute atomic E-state index is 13.5. The van der Waals surface area contributed by atoms with Crippen molar-refractivity contribution < 1.29 is 29.2 Å². The van der Waals surface area contributed by atoms with E-state index in [1.165, 1.54) is 19.2 Å². The number of carboxylic acids is 1. The molecule has 0 radical (unpaired) electrons. The Balaban J connectivity index is 3.02. The van der Waals surface area contributed by atoms with E-state index in [0.29, 0.717) is 5.75 Å². The molecule has 0 saturated heterocycles. The second kappa shape index (κ2) is 4.44. The largest absolute Gasteiger partial charge is 0.544 e. The molecule has 1 atom stereocenters. The van der Waals surface area contributed by atoms with Crippen molar-refractivity contribution in [3.8, 4) is 5.75 Å². The van der Waals surface area contributed by atoms with Crippen molar-refractivity contribution in [1.29, 1.82) is 0 Å². The number of benzene rings is 1. The van der Waals surface area contributed by atoms with E-state index < -0.39 is 23.5 Å². The fourth-order valence-electron chi connectivity index (χ4n) is 1.16. The molecule has 0 aliphatic heterocycles. The first-order valence-corrected chi connectivity index (χ1v) is 4.46. The Kier molecular flexibility index (Phi) is 3.44. The molecule has 4 nitrogen and oxygen atoms in total. The van der Waals surface area contributed by atoms with Crippen LogP contribution in [0.15, 0.2) is 24.3 Å². The zero-order valence-corrected chi connectivity index (χ0v) is 8.57. The van der Waals surface area contributed by atoms with Crippen LogP contribution in [0.1, 0.15) is 5.56 Å². The van der Waals surface area contributed by atoms with Gasteiger partial charge in [0.25, 0.3) is 0 Å². The molecule has 6 heteroatoms. The van der Waals surface area contributed by atoms with Gasteiger partial charge in [0.15, 0.2) is 6.04 Å². The molecule has 0 saturated carbocycles. The van der Waals surface area contributed by atoms with Gasteiger partial charge in [-0.1, -0.05) is 0 Å². The highest BCUT2D eigenvalue weighted by Gasteiger charge is 2.43. The lowest BCUT2D eigenvalue weighted by Gasteiger charge is -2.21. The number of hydrogen-bond acceptors (Lipinski definition) is 3. The number of hydrogen-bond donors (Lipinski definition) is 1. The van der Waals surface area contributed by atoms with Gasteiger partial charge in [-0.15, -0.1) is 0 Å². The van der Waals surface area contributed by atoms with E-state index in [4.69, 9.17) is 4.74 Å². The summed E-state index contributed by atoms with van der Waals surface area (Å²) in [5.74, 6) is -5.04. The highest BCUT2D eigenvalue weighted by Crippen LogP contribution is 2.30. The summed E-state index contributed by atoms with van der Waals surface area (Å²) in [5, 5.41) is 10.4. The Morgan fingerprint density at radius 2 is 1.94 bits per heavy atom. The average molecular weight is 231 g/mol. The van der Waals surface area contributed by atoms with Gasteiger partial charge in [-0.25, -0.2) is 0 Å². The van der Waals surface area contributed by atoms with Gasteiger partial charge in [0.2, 0.25) is 0 Å². The topological polar surface area (TPSA) is 77.0 Å². The third-order valence-corrected chi connectivity index (χ3v) is 2.20. The first kappa shape index (κ1) is 12.4. The summed E-state index contributed by atoms with van der Waals surface area (Å²) in [6, 6.07) is 2.72. The van der Waals surface area contributed by atoms with Crippen molar-refractivity contribution in [3.05, 3.63) is 29.8 Å². The lowest BCUT2D eigenvalue weighted by atomic mass is 10.0. The van der Waals surface area contributed by atoms with Gasteiger partial charge in [0.05, 0.1) is 7.11 Å². The number of alkyl halides is 2. The molecule has 0 bridgehead atoms. The molecule has 0 aliphatic rings. The smallest absolute Gasteiger partial charge is 0.328 e. The van der Waals surface area contributed by atoms with Gasteiger partial charge in [0, 0.05) is 5.56 Å². The monoisotopic (exact) mass is 231 g/mol. The van der Waals surface area contributed by atoms with Crippen molar-refractivity contribution in [1.82, 2.24) is 0 Å². The zero-order chi connectivity index (χ0) is 12.3. The second-order valence-electron chi connectivity index (χ2n) is 3.22. The first-order valence-electron chi connectivity index (χ1n) is 4.46. The van der Waals surface area contributed by atoms with E-state index in [9.17, 15) is 18.7 Å². The molecule has 0 spiro atoms. The molecule has 16 heavy (non-hydrogen) atoms. The number of carbonyl (C=O) groups excluding carboxylic acids is 1. The van der Waals surface area contributed by atoms with Crippen LogP contribution in [0.25, 0.3) is 0 Å². The third kappa shape index (κ3) is 2.27. The lowest BCUT2D eigenvalue weighted by Crippen LogP contribution is -2.74. The zero-order valence-electron chi connectivity index (χ0n) is 8.57. The first-order chi connectivity index (χ1) is 7.39. The van der Waals surface area contributed by atoms with Crippen molar-refractivity contribution in [2.45, 2.75) is 12.0 Å². The van der Waals surface area contributed by atoms with Crippen LogP contribution in [0, 0.1) is 0 Å². The molecule has 1 aromatic rings. The molecule has 0 heterocycles. The van der Waals surface area contributed by atoms with Gasteiger partial charge in [-0.2, -0.15) is 8.78 Å². The van der Waals surface area contributed by atoms with Crippen LogP contribution in [-0.2, 0) is 10.7 Å². The quantitative estimate of drug-likeness (QED) is 0.733. The molecule has 0 fully saturated rings. The van der Waals surface area contributed by atoms with Crippen LogP contribution in [0.2, 0.25) is 0 Å². The second-order valence-corrected chi connectivity index (χ2v) is 3.22. The van der Waals surface area contributed by atoms with Crippen molar-refractivity contribution in [2.24, 2.45) is 0 Å². The van der Waals surface area contributed by atoms with Crippen LogP contribution < -0.4 is 15.6 Å². The minimum Gasteiger partial charge on any atom is -0.544 e. The fourth-order valence-corrected chi connectivity index (χ4v) is 1.16. The fraction of sp³-hybridized carbons (Fsp3) is 0.300. The molecule has 0 unspecified atom stereocenters. The summed E-state index contributed by atoms with van der Waals surface area (Å²) in [6.07, 6.45) is 0. The number of quaternary nitrogens is 1. The van der Waals surface area contributed by atoms with Crippen molar-refractivity contribution in [3.63, 3.8) is 0 Å². The highest BCUT2D eigenvalue weighted by atomic mass is 19.3. The maximum Gasteiger partial charge on any atom is 0.328 e. The van der Waals surface area contributed by atoms with Crippen molar-refractivity contribution in [2.75, 3.05) is 7.11 Å². The SMILES string of the molecule is COc1ccc(C(F)(F)[C@@H]([NH3+])C(=O)[O-])cc1. The Hall–Kier alpha value is -1.69. The molecular formula is C10H11F2NO3. The van der Waals surface area contributed by atoms with E-state index >= 15 is 0 Å². The summed E-state index contributed by atoms with van der Waals surface area (Å²) in [7, 11) is 1.40. The number of rotatable bonds is 4. The van der Waals surface area contributed by atoms with Crippen LogP contribution in [0.3, 0.4) is 0 Å². The van der Waals surface area contributed by atoms with Gasteiger partial charge in [-0.05, 0) is 24.3 Å². The van der Waals surface area contributed by atoms with Gasteiger partial charge >= 0.3 is 5.92 Å². The predicted octanol–water partition coefficient (Wildman–Crippen LogP) is -0.853. The summed E-state index contributed by atoms with van der Waals surface area (Å²) in [4.78, 5) is 10.4. The summed E-state index contributed by atoms with van der Waals surface area (Å²) >= 11 is 0. The number of carboxylic acid groups (broad SMARTS) is 1. The molecular weight excluding hydrogens is 220 g/mol. The highest BCUT2D eigenvalue weighted by molar-refractivity contribution is 5.71. The normalized spacial score (nSPS) is 13.2. The summed E-state index contributed by atoms with van der Waals surface area (Å²) in [6.45, 7) is 0. The van der Waals surface area contributed by atoms with Gasteiger partial charge in [0.1, 0.15) is 11.7 Å². The van der Waals surface area contributed by atoms with E-state index in [0.717, 1.165) is 12.1 Å². The number of carbonyl (C=O) groups is 1. The van der Waals surface area contributed by atoms with Crippen molar-refractivity contribution >= 4 is 5.97 Å². The number of methoxy groups -OCH3 is 1.